The van der Waals surface area contributed by atoms with Crippen LogP contribution in [0.3, 0.4) is 0 Å². The van der Waals surface area contributed by atoms with Crippen molar-refractivity contribution in [2.45, 2.75) is 12.5 Å². The van der Waals surface area contributed by atoms with Crippen LogP contribution in [0, 0.1) is 0 Å². The molecule has 0 fully saturated rings. The Balaban J connectivity index is 3.64. The van der Waals surface area contributed by atoms with Gasteiger partial charge >= 0.3 is 6.09 Å². The molecule has 4 nitrogen and oxygen atoms in total. The average Bonchev–Trinajstić information content (AvgIpc) is 2.50. The Morgan fingerprint density at radius 1 is 1.73 bits per heavy atom. The van der Waals surface area contributed by atoms with Gasteiger partial charge in [-0.05, 0) is 11.9 Å². The van der Waals surface area contributed by atoms with E-state index in [0.717, 1.165) is 7.11 Å². The van der Waals surface area contributed by atoms with Crippen LogP contribution >= 0.6 is 0 Å². The molecule has 15 heavy (non-hydrogen) atoms. The van der Waals surface area contributed by atoms with E-state index in [0.29, 0.717) is 0 Å². The Bertz CT molecular complexity index is 677. The molecule has 0 aromatic heterocycles. The first kappa shape index (κ1) is 3.79. The summed E-state index contributed by atoms with van der Waals surface area (Å²) in [4.78, 5) is 11.2. The van der Waals surface area contributed by atoms with Gasteiger partial charge < -0.3 is 15.2 Å². The van der Waals surface area contributed by atoms with E-state index >= 15 is 0 Å². The minimum atomic E-state index is -3.65. The summed E-state index contributed by atoms with van der Waals surface area (Å²) in [6.45, 7) is -3.39. The Morgan fingerprint density at radius 3 is 3.00 bits per heavy atom. The van der Waals surface area contributed by atoms with E-state index < -0.39 is 60.8 Å². The molecule has 1 rings (SSSR count). The fourth-order valence-corrected chi connectivity index (χ4v) is 0.623. The number of nitrogens with one attached hydrogen (secondary N) is 1. The van der Waals surface area contributed by atoms with Crippen LogP contribution in [0.25, 0.3) is 0 Å². The molecule has 1 atom stereocenters. The number of methoxy groups -OCH3 is 1. The van der Waals surface area contributed by atoms with Crippen LogP contribution in [0.15, 0.2) is 30.2 Å². The first-order valence-corrected chi connectivity index (χ1v) is 3.79. The third kappa shape index (κ3) is 3.99. The van der Waals surface area contributed by atoms with E-state index in [1.54, 1.807) is 0 Å². The largest absolute Gasteiger partial charge is 0.453 e. The topological polar surface area (TPSA) is 58.6 Å². The van der Waals surface area contributed by atoms with Crippen LogP contribution in [-0.4, -0.2) is 24.8 Å². The second-order valence-corrected chi connectivity index (χ2v) is 2.22. The quantitative estimate of drug-likeness (QED) is 0.806. The van der Waals surface area contributed by atoms with Crippen molar-refractivity contribution < 1.29 is 28.3 Å². The van der Waals surface area contributed by atoms with E-state index in [4.69, 9.17) is 13.7 Å². The van der Waals surface area contributed by atoms with E-state index in [2.05, 4.69) is 4.74 Å². The van der Waals surface area contributed by atoms with Crippen molar-refractivity contribution >= 4 is 6.09 Å². The van der Waals surface area contributed by atoms with Crippen LogP contribution in [0.1, 0.15) is 31.7 Å². The highest BCUT2D eigenvalue weighted by Gasteiger charge is 2.07. The van der Waals surface area contributed by atoms with Crippen LogP contribution in [0.5, 0.6) is 0 Å². The summed E-state index contributed by atoms with van der Waals surface area (Å²) >= 11 is 0. The lowest BCUT2D eigenvalue weighted by atomic mass is 10.1. The third-order valence-electron chi connectivity index (χ3n) is 1.27. The molecule has 0 aliphatic rings. The summed E-state index contributed by atoms with van der Waals surface area (Å²) in [5.41, 5.74) is -1.17. The summed E-state index contributed by atoms with van der Waals surface area (Å²) in [7, 11) is 0.878. The maximum Gasteiger partial charge on any atom is 0.406 e. The predicted octanol–water partition coefficient (Wildman–Crippen LogP) is 1.47. The second-order valence-electron chi connectivity index (χ2n) is 2.22. The van der Waals surface area contributed by atoms with E-state index in [-0.39, 0.29) is 0 Å². The molecule has 0 heterocycles. The molecule has 1 amide bonds. The number of benzene rings is 1. The zero-order chi connectivity index (χ0) is 20.0. The molecule has 0 saturated heterocycles. The first-order valence-electron chi connectivity index (χ1n) is 8.79. The number of carbonyl (C=O) groups is 1. The Morgan fingerprint density at radius 2 is 2.40 bits per heavy atom. The molecule has 0 spiro atoms. The minimum Gasteiger partial charge on any atom is -0.453 e. The third-order valence-corrected chi connectivity index (χ3v) is 1.27. The zero-order valence-electron chi connectivity index (χ0n) is 17.8. The number of carbonyl (C=O) groups excluding carboxylic acids is 1. The summed E-state index contributed by atoms with van der Waals surface area (Å²) in [6.07, 6.45) is -8.68. The van der Waals surface area contributed by atoms with Gasteiger partial charge in [-0.1, -0.05) is 30.2 Å². The fraction of sp³-hybridized carbons (Fsp3) is 0.364. The maximum absolute atomic E-state index is 11.2. The molecule has 2 N–H and O–H groups in total. The van der Waals surface area contributed by atoms with E-state index in [1.165, 1.54) is 5.32 Å². The van der Waals surface area contributed by atoms with Crippen LogP contribution in [-0.2, 0) is 4.74 Å². The lowest BCUT2D eigenvalue weighted by molar-refractivity contribution is 0.155. The van der Waals surface area contributed by atoms with Crippen LogP contribution < -0.4 is 5.32 Å². The minimum absolute atomic E-state index is 0.828. The normalized spacial score (nSPS) is 25.5. The number of hydrogen-bond acceptors (Lipinski definition) is 3. The monoisotopic (exact) mass is 219 g/mol. The molecular weight excluding hydrogens is 194 g/mol. The van der Waals surface area contributed by atoms with Gasteiger partial charge in [0.15, 0.2) is 0 Å². The van der Waals surface area contributed by atoms with Gasteiger partial charge in [-0.15, -0.1) is 0 Å². The van der Waals surface area contributed by atoms with Crippen LogP contribution in [0.4, 0.5) is 4.79 Å². The molecule has 1 aromatic rings. The SMILES string of the molecule is [2H]c1c([2H])c([2H])c([C@@]([2H])(O)C([2H])([2H])C([2H])([2H])NC(=O)OC)c([2H])c1[2H]. The van der Waals surface area contributed by atoms with E-state index in [1.807, 2.05) is 0 Å². The number of alkyl carbamates (subject to hydrolysis) is 1. The molecule has 0 aliphatic heterocycles. The van der Waals surface area contributed by atoms with Gasteiger partial charge in [0.05, 0.1) is 21.4 Å². The lowest BCUT2D eigenvalue weighted by Crippen LogP contribution is -2.25. The van der Waals surface area contributed by atoms with Gasteiger partial charge in [-0.2, -0.15) is 0 Å². The Labute approximate surface area is 103 Å². The summed E-state index contributed by atoms with van der Waals surface area (Å²) in [5, 5.41) is 11.8. The Hall–Kier alpha value is -1.55. The zero-order valence-corrected chi connectivity index (χ0v) is 7.76. The van der Waals surface area contributed by atoms with Gasteiger partial charge in [-0.25, -0.2) is 4.79 Å². The maximum atomic E-state index is 11.2. The summed E-state index contributed by atoms with van der Waals surface area (Å²) in [6, 6.07) is -4.83. The molecule has 0 aliphatic carbocycles. The highest BCUT2D eigenvalue weighted by molar-refractivity contribution is 5.66. The molecule has 0 saturated carbocycles. The molecule has 0 bridgehead atoms. The van der Waals surface area contributed by atoms with Crippen molar-refractivity contribution in [3.63, 3.8) is 0 Å². The van der Waals surface area contributed by atoms with Gasteiger partial charge in [0, 0.05) is 12.0 Å². The lowest BCUT2D eigenvalue weighted by Gasteiger charge is -2.10. The summed E-state index contributed by atoms with van der Waals surface area (Å²) < 4.78 is 80.6. The second kappa shape index (κ2) is 6.03. The first-order chi connectivity index (χ1) is 11.1. The number of ether oxygens (including phenoxy) is 1. The van der Waals surface area contributed by atoms with Crippen molar-refractivity contribution in [3.8, 4) is 0 Å². The standard InChI is InChI=1S/C11H15NO3/c1-15-11(14)12-8-7-10(13)9-5-3-2-4-6-9/h2-6,10,13H,7-8H2,1H3,(H,12,14)/t10-/m0/s1/i2D,3D,4D,5D,6D,7D2,8D2,10D. The summed E-state index contributed by atoms with van der Waals surface area (Å²) in [5.74, 6) is 0. The molecule has 1 aromatic carbocycles. The number of rotatable bonds is 4. The molecule has 82 valence electrons. The van der Waals surface area contributed by atoms with Gasteiger partial charge in [0.2, 0.25) is 0 Å². The number of hydrogen-bond donors (Lipinski definition) is 2. The molecule has 0 radical (unpaired) electrons. The fourth-order valence-electron chi connectivity index (χ4n) is 0.623. The molecule has 4 heteroatoms. The van der Waals surface area contributed by atoms with Crippen molar-refractivity contribution in [1.29, 1.82) is 0 Å². The highest BCUT2D eigenvalue weighted by Crippen LogP contribution is 2.14. The van der Waals surface area contributed by atoms with Crippen LogP contribution in [0.2, 0.25) is 0 Å². The van der Waals surface area contributed by atoms with Crippen molar-refractivity contribution in [2.24, 2.45) is 0 Å². The van der Waals surface area contributed by atoms with Crippen molar-refractivity contribution in [1.82, 2.24) is 5.32 Å². The average molecular weight is 219 g/mol. The van der Waals surface area contributed by atoms with Gasteiger partial charge in [0.25, 0.3) is 0 Å². The van der Waals surface area contributed by atoms with Crippen molar-refractivity contribution in [3.05, 3.63) is 35.8 Å². The molecular formula is C11H15NO3. The van der Waals surface area contributed by atoms with Gasteiger partial charge in [0.1, 0.15) is 0 Å². The highest BCUT2D eigenvalue weighted by atomic mass is 16.5. The predicted molar refractivity (Wildman–Crippen MR) is 56.4 cm³/mol. The van der Waals surface area contributed by atoms with E-state index in [9.17, 15) is 9.90 Å². The Kier molecular flexibility index (Phi) is 1.52. The number of aliphatic hydroxyl groups is 1. The number of amides is 1. The van der Waals surface area contributed by atoms with Gasteiger partial charge in [-0.3, -0.25) is 0 Å². The molecule has 0 unspecified atom stereocenters. The smallest absolute Gasteiger partial charge is 0.406 e. The van der Waals surface area contributed by atoms with Crippen molar-refractivity contribution in [2.75, 3.05) is 13.6 Å².